The van der Waals surface area contributed by atoms with E-state index in [4.69, 9.17) is 0 Å². The van der Waals surface area contributed by atoms with Gasteiger partial charge in [0.05, 0.1) is 5.69 Å². The van der Waals surface area contributed by atoms with Gasteiger partial charge >= 0.3 is 0 Å². The number of Topliss-reactive ketones (excluding diaryl/α,β-unsaturated/α-hetero) is 1. The molecule has 0 unspecified atom stereocenters. The summed E-state index contributed by atoms with van der Waals surface area (Å²) in [5, 5.41) is 2.29. The number of aromatic amines is 1. The molecule has 0 saturated carbocycles. The predicted octanol–water partition coefficient (Wildman–Crippen LogP) is 3.36. The van der Waals surface area contributed by atoms with Crippen molar-refractivity contribution in [3.8, 4) is 0 Å². The third-order valence-electron chi connectivity index (χ3n) is 3.19. The van der Waals surface area contributed by atoms with Crippen molar-refractivity contribution in [3.63, 3.8) is 0 Å². The molecule has 2 rings (SSSR count). The Morgan fingerprint density at radius 1 is 1.19 bits per heavy atom. The number of benzene rings is 1. The van der Waals surface area contributed by atoms with Gasteiger partial charge in [-0.3, -0.25) is 9.59 Å². The largest absolute Gasteiger partial charge is 0.354 e. The highest BCUT2D eigenvalue weighted by molar-refractivity contribution is 6.07. The molecule has 110 valence electrons. The minimum absolute atomic E-state index is 0.154. The molecule has 2 N–H and O–H groups in total. The summed E-state index contributed by atoms with van der Waals surface area (Å²) in [7, 11) is 0. The van der Waals surface area contributed by atoms with Crippen LogP contribution in [0.15, 0.2) is 18.2 Å². The van der Waals surface area contributed by atoms with Crippen molar-refractivity contribution in [2.24, 2.45) is 0 Å². The average Bonchev–Trinajstić information content (AvgIpc) is 2.69. The summed E-state index contributed by atoms with van der Waals surface area (Å²) < 4.78 is 26.6. The van der Waals surface area contributed by atoms with Crippen molar-refractivity contribution in [1.29, 1.82) is 0 Å². The lowest BCUT2D eigenvalue weighted by atomic mass is 10.1. The number of carbonyl (C=O) groups excluding carboxylic acids is 2. The lowest BCUT2D eigenvalue weighted by Gasteiger charge is -2.06. The van der Waals surface area contributed by atoms with Crippen LogP contribution < -0.4 is 5.32 Å². The monoisotopic (exact) mass is 292 g/mol. The molecule has 1 aromatic heterocycles. The zero-order valence-electron chi connectivity index (χ0n) is 11.8. The minimum atomic E-state index is -0.738. The van der Waals surface area contributed by atoms with Gasteiger partial charge in [0.25, 0.3) is 5.91 Å². The summed E-state index contributed by atoms with van der Waals surface area (Å²) in [5.74, 6) is -2.20. The Balaban J connectivity index is 2.35. The molecule has 0 aliphatic rings. The van der Waals surface area contributed by atoms with E-state index in [0.717, 1.165) is 18.2 Å². The first-order valence-corrected chi connectivity index (χ1v) is 6.27. The molecule has 0 aliphatic heterocycles. The number of rotatable bonds is 3. The topological polar surface area (TPSA) is 62.0 Å². The number of amides is 1. The van der Waals surface area contributed by atoms with Gasteiger partial charge in [0.1, 0.15) is 17.3 Å². The molecule has 0 spiro atoms. The number of aromatic nitrogens is 1. The van der Waals surface area contributed by atoms with Crippen LogP contribution in [0.4, 0.5) is 14.5 Å². The number of hydrogen-bond acceptors (Lipinski definition) is 2. The van der Waals surface area contributed by atoms with E-state index in [1.807, 2.05) is 0 Å². The van der Waals surface area contributed by atoms with Gasteiger partial charge in [-0.15, -0.1) is 0 Å². The number of anilines is 1. The highest BCUT2D eigenvalue weighted by Crippen LogP contribution is 2.21. The maximum Gasteiger partial charge on any atom is 0.272 e. The molecular weight excluding hydrogens is 278 g/mol. The van der Waals surface area contributed by atoms with Crippen LogP contribution in [0.25, 0.3) is 0 Å². The maximum atomic E-state index is 13.5. The molecule has 0 bridgehead atoms. The third-order valence-corrected chi connectivity index (χ3v) is 3.19. The fraction of sp³-hybridized carbons (Fsp3) is 0.200. The molecule has 2 aromatic rings. The van der Waals surface area contributed by atoms with Crippen LogP contribution in [-0.2, 0) is 0 Å². The zero-order valence-corrected chi connectivity index (χ0v) is 11.8. The Morgan fingerprint density at radius 2 is 1.86 bits per heavy atom. The molecule has 4 nitrogen and oxygen atoms in total. The van der Waals surface area contributed by atoms with Crippen molar-refractivity contribution in [2.75, 3.05) is 5.32 Å². The Labute approximate surface area is 120 Å². The zero-order chi connectivity index (χ0) is 15.7. The van der Waals surface area contributed by atoms with E-state index in [2.05, 4.69) is 10.3 Å². The fourth-order valence-electron chi connectivity index (χ4n) is 2.28. The molecule has 1 amide bonds. The van der Waals surface area contributed by atoms with E-state index in [9.17, 15) is 18.4 Å². The molecule has 21 heavy (non-hydrogen) atoms. The van der Waals surface area contributed by atoms with E-state index >= 15 is 0 Å². The van der Waals surface area contributed by atoms with Gasteiger partial charge in [0, 0.05) is 17.3 Å². The first-order valence-electron chi connectivity index (χ1n) is 6.27. The van der Waals surface area contributed by atoms with Crippen molar-refractivity contribution in [2.45, 2.75) is 20.8 Å². The van der Waals surface area contributed by atoms with Gasteiger partial charge in [0.15, 0.2) is 5.78 Å². The highest BCUT2D eigenvalue weighted by atomic mass is 19.1. The molecule has 0 aliphatic carbocycles. The van der Waals surface area contributed by atoms with Gasteiger partial charge in [-0.2, -0.15) is 0 Å². The van der Waals surface area contributed by atoms with Gasteiger partial charge in [-0.25, -0.2) is 8.78 Å². The predicted molar refractivity (Wildman–Crippen MR) is 74.6 cm³/mol. The van der Waals surface area contributed by atoms with E-state index < -0.39 is 17.5 Å². The molecule has 0 saturated heterocycles. The molecule has 6 heteroatoms. The van der Waals surface area contributed by atoms with Crippen LogP contribution in [-0.4, -0.2) is 16.7 Å². The summed E-state index contributed by atoms with van der Waals surface area (Å²) in [5.41, 5.74) is 1.37. The van der Waals surface area contributed by atoms with Crippen LogP contribution >= 0.6 is 0 Å². The van der Waals surface area contributed by atoms with Crippen LogP contribution in [0.5, 0.6) is 0 Å². The smallest absolute Gasteiger partial charge is 0.272 e. The van der Waals surface area contributed by atoms with Crippen molar-refractivity contribution in [3.05, 3.63) is 52.3 Å². The van der Waals surface area contributed by atoms with Gasteiger partial charge in [0.2, 0.25) is 0 Å². The summed E-state index contributed by atoms with van der Waals surface area (Å²) in [6.07, 6.45) is 0. The van der Waals surface area contributed by atoms with E-state index in [0.29, 0.717) is 16.8 Å². The second-order valence-electron chi connectivity index (χ2n) is 4.76. The molecular formula is C15H14F2N2O2. The van der Waals surface area contributed by atoms with Crippen molar-refractivity contribution < 1.29 is 18.4 Å². The van der Waals surface area contributed by atoms with Gasteiger partial charge in [-0.05, 0) is 38.5 Å². The number of aryl methyl sites for hydroxylation is 1. The summed E-state index contributed by atoms with van der Waals surface area (Å²) in [6, 6.07) is 2.78. The Kier molecular flexibility index (Phi) is 3.88. The van der Waals surface area contributed by atoms with Crippen LogP contribution in [0.3, 0.4) is 0 Å². The Hall–Kier alpha value is -2.50. The quantitative estimate of drug-likeness (QED) is 0.852. The number of H-pyrrole nitrogens is 1. The first kappa shape index (κ1) is 14.9. The SMILES string of the molecule is CC(=O)c1c(C)[nH]c(C(=O)Nc2cc(F)ccc2F)c1C. The molecule has 1 heterocycles. The average molecular weight is 292 g/mol. The fourth-order valence-corrected chi connectivity index (χ4v) is 2.28. The number of carbonyl (C=O) groups is 2. The normalized spacial score (nSPS) is 10.5. The van der Waals surface area contributed by atoms with Crippen molar-refractivity contribution in [1.82, 2.24) is 4.98 Å². The third kappa shape index (κ3) is 2.84. The summed E-state index contributed by atoms with van der Waals surface area (Å²) in [4.78, 5) is 26.5. The van der Waals surface area contributed by atoms with E-state index in [1.54, 1.807) is 13.8 Å². The molecule has 0 atom stereocenters. The highest BCUT2D eigenvalue weighted by Gasteiger charge is 2.20. The number of hydrogen-bond donors (Lipinski definition) is 2. The number of halogens is 2. The van der Waals surface area contributed by atoms with Gasteiger partial charge < -0.3 is 10.3 Å². The summed E-state index contributed by atoms with van der Waals surface area (Å²) >= 11 is 0. The maximum absolute atomic E-state index is 13.5. The molecule has 1 aromatic carbocycles. The van der Waals surface area contributed by atoms with E-state index in [1.165, 1.54) is 6.92 Å². The molecule has 0 fully saturated rings. The van der Waals surface area contributed by atoms with Crippen LogP contribution in [0.1, 0.15) is 39.0 Å². The lowest BCUT2D eigenvalue weighted by Crippen LogP contribution is -2.15. The van der Waals surface area contributed by atoms with Crippen LogP contribution in [0.2, 0.25) is 0 Å². The number of nitrogens with one attached hydrogen (secondary N) is 2. The Morgan fingerprint density at radius 3 is 2.43 bits per heavy atom. The second kappa shape index (κ2) is 5.47. The number of ketones is 1. The standard InChI is InChI=1S/C15H14F2N2O2/c1-7-13(9(3)20)8(2)18-14(7)15(21)19-12-6-10(16)4-5-11(12)17/h4-6,18H,1-3H3,(H,19,21). The summed E-state index contributed by atoms with van der Waals surface area (Å²) in [6.45, 7) is 4.69. The van der Waals surface area contributed by atoms with Crippen LogP contribution in [0, 0.1) is 25.5 Å². The Bertz CT molecular complexity index is 736. The van der Waals surface area contributed by atoms with Crippen molar-refractivity contribution >= 4 is 17.4 Å². The minimum Gasteiger partial charge on any atom is -0.354 e. The van der Waals surface area contributed by atoms with Gasteiger partial charge in [-0.1, -0.05) is 0 Å². The first-order chi connectivity index (χ1) is 9.81. The lowest BCUT2D eigenvalue weighted by molar-refractivity contribution is 0.101. The van der Waals surface area contributed by atoms with E-state index in [-0.39, 0.29) is 17.2 Å². The second-order valence-corrected chi connectivity index (χ2v) is 4.76. The molecule has 0 radical (unpaired) electrons.